The molecule has 3 aromatic rings. The molecule has 2 aliphatic heterocycles. The average Bonchev–Trinajstić information content (AvgIpc) is 3.27. The van der Waals surface area contributed by atoms with Gasteiger partial charge in [-0.25, -0.2) is 4.98 Å². The van der Waals surface area contributed by atoms with Crippen molar-refractivity contribution in [3.05, 3.63) is 53.4 Å². The lowest BCUT2D eigenvalue weighted by Gasteiger charge is -2.33. The predicted octanol–water partition coefficient (Wildman–Crippen LogP) is 4.17. The molecule has 0 bridgehead atoms. The molecule has 28 heavy (non-hydrogen) atoms. The van der Waals surface area contributed by atoms with Crippen LogP contribution in [0.15, 0.2) is 42.7 Å². The third-order valence-electron chi connectivity index (χ3n) is 5.84. The van der Waals surface area contributed by atoms with Crippen LogP contribution in [0.1, 0.15) is 25.0 Å². The minimum absolute atomic E-state index is 0. The monoisotopic (exact) mass is 418 g/mol. The number of aromatic nitrogens is 3. The summed E-state index contributed by atoms with van der Waals surface area (Å²) >= 11 is 6.16. The van der Waals surface area contributed by atoms with E-state index in [1.165, 1.54) is 0 Å². The van der Waals surface area contributed by atoms with E-state index in [-0.39, 0.29) is 18.0 Å². The minimum Gasteiger partial charge on any atom is -0.375 e. The average molecular weight is 419 g/mol. The van der Waals surface area contributed by atoms with Crippen molar-refractivity contribution < 1.29 is 4.74 Å². The highest BCUT2D eigenvalue weighted by Crippen LogP contribution is 2.38. The zero-order chi connectivity index (χ0) is 18.3. The number of pyridine rings is 2. The summed E-state index contributed by atoms with van der Waals surface area (Å²) in [5.74, 6) is 0.544. The molecule has 0 saturated carbocycles. The van der Waals surface area contributed by atoms with Crippen molar-refractivity contribution in [1.29, 1.82) is 0 Å². The highest BCUT2D eigenvalue weighted by atomic mass is 35.5. The lowest BCUT2D eigenvalue weighted by atomic mass is 9.85. The van der Waals surface area contributed by atoms with E-state index in [1.54, 1.807) is 0 Å². The zero-order valence-electron chi connectivity index (χ0n) is 15.6. The van der Waals surface area contributed by atoms with Crippen molar-refractivity contribution in [3.63, 3.8) is 0 Å². The summed E-state index contributed by atoms with van der Waals surface area (Å²) in [6.07, 6.45) is 8.10. The molecule has 2 saturated heterocycles. The molecule has 1 unspecified atom stereocenters. The van der Waals surface area contributed by atoms with Crippen LogP contribution in [0.2, 0.25) is 5.02 Å². The van der Waals surface area contributed by atoms with Crippen LogP contribution in [0.4, 0.5) is 0 Å². The summed E-state index contributed by atoms with van der Waals surface area (Å²) < 4.78 is 8.24. The molecule has 1 spiro atoms. The summed E-state index contributed by atoms with van der Waals surface area (Å²) in [6, 6.07) is 10.0. The number of nitrogens with zero attached hydrogens (tertiary/aromatic N) is 3. The normalized spacial score (nSPS) is 21.1. The van der Waals surface area contributed by atoms with E-state index in [1.807, 2.05) is 35.0 Å². The molecule has 0 amide bonds. The molecule has 0 radical (unpaired) electrons. The van der Waals surface area contributed by atoms with Gasteiger partial charge >= 0.3 is 0 Å². The second kappa shape index (κ2) is 7.99. The smallest absolute Gasteiger partial charge is 0.137 e. The number of nitrogens with one attached hydrogen (secondary N) is 1. The lowest BCUT2D eigenvalue weighted by Crippen LogP contribution is -2.41. The molecule has 5 nitrogen and oxygen atoms in total. The van der Waals surface area contributed by atoms with E-state index in [2.05, 4.69) is 22.4 Å². The van der Waals surface area contributed by atoms with Gasteiger partial charge in [-0.1, -0.05) is 17.7 Å². The Morgan fingerprint density at radius 2 is 2.07 bits per heavy atom. The predicted molar refractivity (Wildman–Crippen MR) is 113 cm³/mol. The van der Waals surface area contributed by atoms with Gasteiger partial charge in [-0.05, 0) is 69.0 Å². The SMILES string of the molecule is Cl.Clc1ccc2ncc(-c3cccc(CC4COC5(CCNCC5)C4)n3)n2c1. The molecule has 148 valence electrons. The van der Waals surface area contributed by atoms with Gasteiger partial charge in [0.2, 0.25) is 0 Å². The van der Waals surface area contributed by atoms with Gasteiger partial charge in [0.15, 0.2) is 0 Å². The maximum absolute atomic E-state index is 6.24. The van der Waals surface area contributed by atoms with Crippen molar-refractivity contribution in [2.45, 2.75) is 31.3 Å². The van der Waals surface area contributed by atoms with Crippen LogP contribution in [0.5, 0.6) is 0 Å². The lowest BCUT2D eigenvalue weighted by molar-refractivity contribution is -0.0196. The second-order valence-corrected chi connectivity index (χ2v) is 8.19. The second-order valence-electron chi connectivity index (χ2n) is 7.75. The number of ether oxygens (including phenoxy) is 1. The third kappa shape index (κ3) is 3.77. The number of hydrogen-bond acceptors (Lipinski definition) is 4. The van der Waals surface area contributed by atoms with Gasteiger partial charge in [-0.3, -0.25) is 9.38 Å². The minimum atomic E-state index is 0. The Kier molecular flexibility index (Phi) is 5.61. The highest BCUT2D eigenvalue weighted by molar-refractivity contribution is 6.30. The fraction of sp³-hybridized carbons (Fsp3) is 0.429. The molecule has 2 aliphatic rings. The standard InChI is InChI=1S/C21H23ClN4O.ClH/c22-16-4-5-20-24-12-19(26(20)13-16)18-3-1-2-17(25-18)10-15-11-21(27-14-15)6-8-23-9-7-21;/h1-5,12-13,15,23H,6-11,14H2;1H. The number of piperidine rings is 1. The van der Waals surface area contributed by atoms with Crippen LogP contribution in [0.3, 0.4) is 0 Å². The molecule has 1 atom stereocenters. The quantitative estimate of drug-likeness (QED) is 0.693. The largest absolute Gasteiger partial charge is 0.375 e. The Balaban J connectivity index is 0.00000192. The van der Waals surface area contributed by atoms with Gasteiger partial charge < -0.3 is 10.1 Å². The van der Waals surface area contributed by atoms with Crippen LogP contribution >= 0.6 is 24.0 Å². The molecule has 5 heterocycles. The molecule has 0 aromatic carbocycles. The number of halogens is 2. The van der Waals surface area contributed by atoms with E-state index in [4.69, 9.17) is 21.3 Å². The first-order valence-corrected chi connectivity index (χ1v) is 10.0. The first kappa shape index (κ1) is 19.6. The van der Waals surface area contributed by atoms with Crippen molar-refractivity contribution in [2.24, 2.45) is 5.92 Å². The topological polar surface area (TPSA) is 51.5 Å². The Bertz CT molecular complexity index is 968. The summed E-state index contributed by atoms with van der Waals surface area (Å²) in [5, 5.41) is 4.12. The summed E-state index contributed by atoms with van der Waals surface area (Å²) in [6.45, 7) is 2.98. The molecule has 0 aliphatic carbocycles. The molecule has 7 heteroatoms. The Hall–Kier alpha value is -1.66. The maximum Gasteiger partial charge on any atom is 0.137 e. The van der Waals surface area contributed by atoms with E-state index >= 15 is 0 Å². The van der Waals surface area contributed by atoms with Crippen LogP contribution in [0.25, 0.3) is 17.0 Å². The van der Waals surface area contributed by atoms with E-state index in [9.17, 15) is 0 Å². The highest BCUT2D eigenvalue weighted by Gasteiger charge is 2.41. The van der Waals surface area contributed by atoms with Gasteiger partial charge in [0.05, 0.1) is 34.8 Å². The van der Waals surface area contributed by atoms with Gasteiger partial charge in [0, 0.05) is 11.9 Å². The Labute approximate surface area is 175 Å². The molecular weight excluding hydrogens is 395 g/mol. The molecule has 5 rings (SSSR count). The fourth-order valence-electron chi connectivity index (χ4n) is 4.48. The van der Waals surface area contributed by atoms with Crippen molar-refractivity contribution in [1.82, 2.24) is 19.7 Å². The van der Waals surface area contributed by atoms with Gasteiger partial charge in [-0.2, -0.15) is 0 Å². The van der Waals surface area contributed by atoms with E-state index in [0.717, 1.165) is 68.1 Å². The number of rotatable bonds is 3. The summed E-state index contributed by atoms with van der Waals surface area (Å²) in [5.41, 5.74) is 3.98. The van der Waals surface area contributed by atoms with Crippen LogP contribution in [-0.2, 0) is 11.2 Å². The van der Waals surface area contributed by atoms with Crippen molar-refractivity contribution >= 4 is 29.7 Å². The van der Waals surface area contributed by atoms with Gasteiger partial charge in [0.25, 0.3) is 0 Å². The number of imidazole rings is 1. The first-order valence-electron chi connectivity index (χ1n) is 9.64. The van der Waals surface area contributed by atoms with Crippen molar-refractivity contribution in [2.75, 3.05) is 19.7 Å². The van der Waals surface area contributed by atoms with Crippen LogP contribution in [-0.4, -0.2) is 39.7 Å². The molecule has 2 fully saturated rings. The molecule has 3 aromatic heterocycles. The maximum atomic E-state index is 6.24. The Morgan fingerprint density at radius 3 is 2.93 bits per heavy atom. The van der Waals surface area contributed by atoms with Gasteiger partial charge in [0.1, 0.15) is 5.65 Å². The zero-order valence-corrected chi connectivity index (χ0v) is 17.2. The first-order chi connectivity index (χ1) is 13.2. The fourth-order valence-corrected chi connectivity index (χ4v) is 4.64. The van der Waals surface area contributed by atoms with E-state index in [0.29, 0.717) is 10.9 Å². The Morgan fingerprint density at radius 1 is 1.21 bits per heavy atom. The molecule has 1 N–H and O–H groups in total. The van der Waals surface area contributed by atoms with Gasteiger partial charge in [-0.15, -0.1) is 12.4 Å². The van der Waals surface area contributed by atoms with E-state index < -0.39 is 0 Å². The number of fused-ring (bicyclic) bond motifs is 1. The van der Waals surface area contributed by atoms with Crippen LogP contribution in [0, 0.1) is 5.92 Å². The third-order valence-corrected chi connectivity index (χ3v) is 6.06. The summed E-state index contributed by atoms with van der Waals surface area (Å²) in [7, 11) is 0. The summed E-state index contributed by atoms with van der Waals surface area (Å²) in [4.78, 5) is 9.38. The van der Waals surface area contributed by atoms with Crippen LogP contribution < -0.4 is 5.32 Å². The van der Waals surface area contributed by atoms with Crippen molar-refractivity contribution in [3.8, 4) is 11.4 Å². The number of hydrogen-bond donors (Lipinski definition) is 1. The molecular formula is C21H24Cl2N4O.